The second-order valence-corrected chi connectivity index (χ2v) is 5.12. The summed E-state index contributed by atoms with van der Waals surface area (Å²) in [5.41, 5.74) is 0.850. The van der Waals surface area contributed by atoms with Crippen molar-refractivity contribution in [3.63, 3.8) is 0 Å². The van der Waals surface area contributed by atoms with Gasteiger partial charge in [0.05, 0.1) is 6.42 Å². The van der Waals surface area contributed by atoms with Crippen molar-refractivity contribution in [2.45, 2.75) is 18.9 Å². The van der Waals surface area contributed by atoms with Crippen LogP contribution in [0.25, 0.3) is 0 Å². The van der Waals surface area contributed by atoms with E-state index >= 15 is 0 Å². The Morgan fingerprint density at radius 3 is 3.12 bits per heavy atom. The Balaban J connectivity index is 1.86. The summed E-state index contributed by atoms with van der Waals surface area (Å²) in [5.74, 6) is 2.41. The maximum atomic E-state index is 11.7. The van der Waals surface area contributed by atoms with Gasteiger partial charge in [0.2, 0.25) is 5.91 Å². The van der Waals surface area contributed by atoms with Crippen LogP contribution in [0.3, 0.4) is 0 Å². The van der Waals surface area contributed by atoms with Crippen LogP contribution in [0, 0.1) is 0 Å². The lowest BCUT2D eigenvalue weighted by Gasteiger charge is -2.11. The molecule has 0 spiro atoms. The van der Waals surface area contributed by atoms with Gasteiger partial charge in [0, 0.05) is 11.8 Å². The minimum atomic E-state index is 0.0399. The minimum Gasteiger partial charge on any atom is -0.508 e. The number of aromatic hydroxyl groups is 1. The lowest BCUT2D eigenvalue weighted by molar-refractivity contribution is -0.120. The molecule has 16 heavy (non-hydrogen) atoms. The van der Waals surface area contributed by atoms with Gasteiger partial charge >= 0.3 is 0 Å². The highest BCUT2D eigenvalue weighted by molar-refractivity contribution is 7.99. The summed E-state index contributed by atoms with van der Waals surface area (Å²) in [6.07, 6.45) is 1.41. The highest BCUT2D eigenvalue weighted by atomic mass is 32.2. The number of hydrogen-bond acceptors (Lipinski definition) is 3. The number of thioether (sulfide) groups is 1. The fourth-order valence-corrected chi connectivity index (χ4v) is 2.93. The molecule has 0 bridgehead atoms. The Labute approximate surface area is 99.2 Å². The highest BCUT2D eigenvalue weighted by Gasteiger charge is 2.17. The third-order valence-electron chi connectivity index (χ3n) is 2.57. The van der Waals surface area contributed by atoms with Crippen LogP contribution in [-0.4, -0.2) is 28.6 Å². The Kier molecular flexibility index (Phi) is 3.72. The molecule has 1 heterocycles. The van der Waals surface area contributed by atoms with Gasteiger partial charge in [-0.1, -0.05) is 12.1 Å². The molecule has 1 unspecified atom stereocenters. The molecule has 1 aliphatic heterocycles. The van der Waals surface area contributed by atoms with Crippen molar-refractivity contribution >= 4 is 17.7 Å². The van der Waals surface area contributed by atoms with Crippen molar-refractivity contribution in [1.82, 2.24) is 5.32 Å². The second-order valence-electron chi connectivity index (χ2n) is 3.97. The number of phenolic OH excluding ortho intramolecular Hbond substituents is 1. The zero-order chi connectivity index (χ0) is 11.4. The molecule has 1 saturated heterocycles. The van der Waals surface area contributed by atoms with E-state index in [1.165, 1.54) is 0 Å². The first kappa shape index (κ1) is 11.3. The first-order chi connectivity index (χ1) is 7.74. The average Bonchev–Trinajstić information content (AvgIpc) is 2.70. The molecular weight excluding hydrogens is 222 g/mol. The van der Waals surface area contributed by atoms with Gasteiger partial charge < -0.3 is 10.4 Å². The average molecular weight is 237 g/mol. The van der Waals surface area contributed by atoms with Crippen molar-refractivity contribution in [2.75, 3.05) is 11.5 Å². The van der Waals surface area contributed by atoms with Crippen LogP contribution >= 0.6 is 11.8 Å². The lowest BCUT2D eigenvalue weighted by atomic mass is 10.1. The molecule has 4 heteroatoms. The maximum Gasteiger partial charge on any atom is 0.224 e. The van der Waals surface area contributed by atoms with Gasteiger partial charge in [-0.3, -0.25) is 4.79 Å². The Morgan fingerprint density at radius 2 is 2.44 bits per heavy atom. The van der Waals surface area contributed by atoms with Crippen molar-refractivity contribution in [1.29, 1.82) is 0 Å². The molecule has 1 aromatic rings. The molecule has 3 nitrogen and oxygen atoms in total. The second kappa shape index (κ2) is 5.25. The number of rotatable bonds is 3. The van der Waals surface area contributed by atoms with Crippen molar-refractivity contribution in [2.24, 2.45) is 0 Å². The molecule has 0 saturated carbocycles. The van der Waals surface area contributed by atoms with Crippen LogP contribution in [0.15, 0.2) is 24.3 Å². The van der Waals surface area contributed by atoms with Crippen LogP contribution < -0.4 is 5.32 Å². The Hall–Kier alpha value is -1.16. The SMILES string of the molecule is O=C(Cc1cccc(O)c1)NC1CCSC1. The summed E-state index contributed by atoms with van der Waals surface area (Å²) in [6, 6.07) is 7.17. The van der Waals surface area contributed by atoms with Crippen LogP contribution in [0.1, 0.15) is 12.0 Å². The minimum absolute atomic E-state index is 0.0399. The van der Waals surface area contributed by atoms with E-state index < -0.39 is 0 Å². The molecule has 2 rings (SSSR count). The molecule has 86 valence electrons. The molecule has 0 aromatic heterocycles. The van der Waals surface area contributed by atoms with Crippen LogP contribution in [-0.2, 0) is 11.2 Å². The molecule has 1 aliphatic rings. The molecule has 1 aromatic carbocycles. The third kappa shape index (κ3) is 3.17. The molecule has 0 aliphatic carbocycles. The molecule has 1 amide bonds. The number of nitrogens with one attached hydrogen (secondary N) is 1. The van der Waals surface area contributed by atoms with E-state index in [1.54, 1.807) is 18.2 Å². The number of amides is 1. The lowest BCUT2D eigenvalue weighted by Crippen LogP contribution is -2.35. The molecule has 1 atom stereocenters. The summed E-state index contributed by atoms with van der Waals surface area (Å²) < 4.78 is 0. The van der Waals surface area contributed by atoms with Crippen LogP contribution in [0.5, 0.6) is 5.75 Å². The number of phenols is 1. The zero-order valence-electron chi connectivity index (χ0n) is 8.98. The van der Waals surface area contributed by atoms with Gasteiger partial charge in [-0.05, 0) is 29.9 Å². The third-order valence-corrected chi connectivity index (χ3v) is 3.73. The van der Waals surface area contributed by atoms with Crippen molar-refractivity contribution in [3.8, 4) is 5.75 Å². The Morgan fingerprint density at radius 1 is 1.56 bits per heavy atom. The van der Waals surface area contributed by atoms with Gasteiger partial charge in [-0.15, -0.1) is 0 Å². The fraction of sp³-hybridized carbons (Fsp3) is 0.417. The fourth-order valence-electron chi connectivity index (χ4n) is 1.78. The largest absolute Gasteiger partial charge is 0.508 e. The summed E-state index contributed by atoms with van der Waals surface area (Å²) in [5, 5.41) is 12.3. The summed E-state index contributed by atoms with van der Waals surface area (Å²) in [6.45, 7) is 0. The van der Waals surface area contributed by atoms with Crippen LogP contribution in [0.2, 0.25) is 0 Å². The Bertz CT molecular complexity index is 375. The van der Waals surface area contributed by atoms with E-state index in [2.05, 4.69) is 5.32 Å². The van der Waals surface area contributed by atoms with Gasteiger partial charge in [-0.2, -0.15) is 11.8 Å². The number of hydrogen-bond donors (Lipinski definition) is 2. The maximum absolute atomic E-state index is 11.7. The monoisotopic (exact) mass is 237 g/mol. The molecule has 1 fully saturated rings. The van der Waals surface area contributed by atoms with Crippen molar-refractivity contribution < 1.29 is 9.90 Å². The molecule has 2 N–H and O–H groups in total. The van der Waals surface area contributed by atoms with Gasteiger partial charge in [0.25, 0.3) is 0 Å². The summed E-state index contributed by atoms with van der Waals surface area (Å²) in [7, 11) is 0. The van der Waals surface area contributed by atoms with E-state index in [9.17, 15) is 9.90 Å². The number of carbonyl (C=O) groups excluding carboxylic acids is 1. The van der Waals surface area contributed by atoms with Gasteiger partial charge in [0.1, 0.15) is 5.75 Å². The van der Waals surface area contributed by atoms with E-state index in [4.69, 9.17) is 0 Å². The van der Waals surface area contributed by atoms with E-state index in [-0.39, 0.29) is 11.7 Å². The van der Waals surface area contributed by atoms with Crippen molar-refractivity contribution in [3.05, 3.63) is 29.8 Å². The van der Waals surface area contributed by atoms with E-state index in [1.807, 2.05) is 17.8 Å². The summed E-state index contributed by atoms with van der Waals surface area (Å²) in [4.78, 5) is 11.7. The highest BCUT2D eigenvalue weighted by Crippen LogP contribution is 2.17. The normalized spacial score (nSPS) is 19.6. The van der Waals surface area contributed by atoms with E-state index in [0.717, 1.165) is 23.5 Å². The zero-order valence-corrected chi connectivity index (χ0v) is 9.80. The first-order valence-corrected chi connectivity index (χ1v) is 6.54. The molecular formula is C12H15NO2S. The van der Waals surface area contributed by atoms with Gasteiger partial charge in [-0.25, -0.2) is 0 Å². The summed E-state index contributed by atoms with van der Waals surface area (Å²) >= 11 is 1.88. The first-order valence-electron chi connectivity index (χ1n) is 5.39. The van der Waals surface area contributed by atoms with Crippen LogP contribution in [0.4, 0.5) is 0 Å². The predicted molar refractivity (Wildman–Crippen MR) is 65.7 cm³/mol. The number of carbonyl (C=O) groups is 1. The van der Waals surface area contributed by atoms with E-state index in [0.29, 0.717) is 12.5 Å². The number of benzene rings is 1. The molecule has 0 radical (unpaired) electrons. The predicted octanol–water partition coefficient (Wildman–Crippen LogP) is 1.56. The smallest absolute Gasteiger partial charge is 0.224 e. The standard InChI is InChI=1S/C12H15NO2S/c14-11-3-1-2-9(6-11)7-12(15)13-10-4-5-16-8-10/h1-3,6,10,14H,4-5,7-8H2,(H,13,15). The quantitative estimate of drug-likeness (QED) is 0.838. The van der Waals surface area contributed by atoms with Gasteiger partial charge in [0.15, 0.2) is 0 Å². The topological polar surface area (TPSA) is 49.3 Å².